The van der Waals surface area contributed by atoms with Crippen molar-refractivity contribution in [3.63, 3.8) is 0 Å². The van der Waals surface area contributed by atoms with Gasteiger partial charge in [0, 0.05) is 22.6 Å². The zero-order valence-electron chi connectivity index (χ0n) is 12.8. The third-order valence-corrected chi connectivity index (χ3v) is 4.89. The molecule has 0 radical (unpaired) electrons. The quantitative estimate of drug-likeness (QED) is 0.812. The lowest BCUT2D eigenvalue weighted by molar-refractivity contribution is -0.131. The summed E-state index contributed by atoms with van der Waals surface area (Å²) in [4.78, 5) is 14.7. The van der Waals surface area contributed by atoms with E-state index in [4.69, 9.17) is 4.52 Å². The summed E-state index contributed by atoms with van der Waals surface area (Å²) in [6, 6.07) is 8.44. The Kier molecular flexibility index (Phi) is 4.34. The Morgan fingerprint density at radius 2 is 2.09 bits per heavy atom. The van der Waals surface area contributed by atoms with Gasteiger partial charge in [-0.1, -0.05) is 39.3 Å². The second kappa shape index (κ2) is 6.24. The van der Waals surface area contributed by atoms with Crippen LogP contribution < -0.4 is 0 Å². The standard InChI is InChI=1S/C17H19BrN2O2/c1-11-15(12(2)22-19-11)9-17(21)20(14-7-8-14)10-13-5-3-4-6-16(13)18/h3-6,14H,7-10H2,1-2H3. The lowest BCUT2D eigenvalue weighted by Crippen LogP contribution is -2.34. The first kappa shape index (κ1) is 15.3. The summed E-state index contributed by atoms with van der Waals surface area (Å²) in [5.41, 5.74) is 2.87. The highest BCUT2D eigenvalue weighted by Gasteiger charge is 2.33. The minimum Gasteiger partial charge on any atom is -0.361 e. The molecule has 0 saturated heterocycles. The van der Waals surface area contributed by atoms with Gasteiger partial charge in [-0.05, 0) is 38.3 Å². The maximum absolute atomic E-state index is 12.8. The molecule has 1 aliphatic carbocycles. The summed E-state index contributed by atoms with van der Waals surface area (Å²) in [5, 5.41) is 3.93. The van der Waals surface area contributed by atoms with E-state index in [0.29, 0.717) is 19.0 Å². The van der Waals surface area contributed by atoms with E-state index in [9.17, 15) is 4.79 Å². The van der Waals surface area contributed by atoms with E-state index in [1.165, 1.54) is 0 Å². The van der Waals surface area contributed by atoms with Crippen LogP contribution >= 0.6 is 15.9 Å². The van der Waals surface area contributed by atoms with E-state index in [2.05, 4.69) is 27.2 Å². The molecule has 1 amide bonds. The molecule has 3 rings (SSSR count). The number of carbonyl (C=O) groups excluding carboxylic acids is 1. The highest BCUT2D eigenvalue weighted by atomic mass is 79.9. The molecule has 0 aliphatic heterocycles. The van der Waals surface area contributed by atoms with Crippen molar-refractivity contribution in [1.82, 2.24) is 10.1 Å². The molecule has 1 fully saturated rings. The number of carbonyl (C=O) groups is 1. The highest BCUT2D eigenvalue weighted by Crippen LogP contribution is 2.31. The van der Waals surface area contributed by atoms with Gasteiger partial charge in [0.25, 0.3) is 0 Å². The van der Waals surface area contributed by atoms with Gasteiger partial charge < -0.3 is 9.42 Å². The van der Waals surface area contributed by atoms with Crippen molar-refractivity contribution in [3.05, 3.63) is 51.3 Å². The Morgan fingerprint density at radius 1 is 1.36 bits per heavy atom. The SMILES string of the molecule is Cc1noc(C)c1CC(=O)N(Cc1ccccc1Br)C1CC1. The second-order valence-corrected chi connectivity index (χ2v) is 6.68. The Labute approximate surface area is 138 Å². The zero-order chi connectivity index (χ0) is 15.7. The van der Waals surface area contributed by atoms with Gasteiger partial charge in [-0.3, -0.25) is 4.79 Å². The van der Waals surface area contributed by atoms with Crippen LogP contribution in [0.2, 0.25) is 0 Å². The minimum absolute atomic E-state index is 0.146. The van der Waals surface area contributed by atoms with E-state index in [-0.39, 0.29) is 5.91 Å². The first-order valence-electron chi connectivity index (χ1n) is 7.51. The lowest BCUT2D eigenvalue weighted by atomic mass is 10.1. The number of rotatable bonds is 5. The maximum Gasteiger partial charge on any atom is 0.227 e. The molecule has 0 unspecified atom stereocenters. The molecule has 1 saturated carbocycles. The second-order valence-electron chi connectivity index (χ2n) is 5.82. The van der Waals surface area contributed by atoms with E-state index in [1.54, 1.807) is 0 Å². The predicted octanol–water partition coefficient (Wildman–Crippen LogP) is 3.79. The van der Waals surface area contributed by atoms with Crippen LogP contribution in [0, 0.1) is 13.8 Å². The third-order valence-electron chi connectivity index (χ3n) is 4.12. The number of halogens is 1. The maximum atomic E-state index is 12.8. The molecule has 0 bridgehead atoms. The van der Waals surface area contributed by atoms with Crippen molar-refractivity contribution in [1.29, 1.82) is 0 Å². The average Bonchev–Trinajstić information content (AvgIpc) is 3.28. The fourth-order valence-electron chi connectivity index (χ4n) is 2.62. The van der Waals surface area contributed by atoms with E-state index >= 15 is 0 Å². The Balaban J connectivity index is 1.77. The first-order chi connectivity index (χ1) is 10.6. The Bertz CT molecular complexity index is 672. The molecule has 1 heterocycles. The molecule has 116 valence electrons. The first-order valence-corrected chi connectivity index (χ1v) is 8.30. The van der Waals surface area contributed by atoms with Crippen LogP contribution in [0.4, 0.5) is 0 Å². The van der Waals surface area contributed by atoms with Crippen molar-refractivity contribution in [2.75, 3.05) is 0 Å². The Hall–Kier alpha value is -1.62. The number of nitrogens with zero attached hydrogens (tertiary/aromatic N) is 2. The topological polar surface area (TPSA) is 46.3 Å². The van der Waals surface area contributed by atoms with E-state index in [0.717, 1.165) is 39.9 Å². The largest absolute Gasteiger partial charge is 0.361 e. The summed E-state index contributed by atoms with van der Waals surface area (Å²) in [5.74, 6) is 0.884. The summed E-state index contributed by atoms with van der Waals surface area (Å²) in [6.07, 6.45) is 2.55. The molecule has 1 aliphatic rings. The van der Waals surface area contributed by atoms with Crippen molar-refractivity contribution in [2.45, 2.75) is 45.7 Å². The van der Waals surface area contributed by atoms with Gasteiger partial charge in [0.15, 0.2) is 0 Å². The van der Waals surface area contributed by atoms with Crippen LogP contribution in [0.1, 0.15) is 35.4 Å². The molecule has 0 spiro atoms. The number of hydrogen-bond acceptors (Lipinski definition) is 3. The van der Waals surface area contributed by atoms with Gasteiger partial charge in [0.2, 0.25) is 5.91 Å². The number of hydrogen-bond donors (Lipinski definition) is 0. The Morgan fingerprint density at radius 3 is 2.68 bits per heavy atom. The molecule has 4 nitrogen and oxygen atoms in total. The number of benzene rings is 1. The highest BCUT2D eigenvalue weighted by molar-refractivity contribution is 9.10. The molecule has 1 aromatic heterocycles. The van der Waals surface area contributed by atoms with Crippen molar-refractivity contribution in [2.24, 2.45) is 0 Å². The molecule has 2 aromatic rings. The summed E-state index contributed by atoms with van der Waals surface area (Å²) in [6.45, 7) is 4.39. The lowest BCUT2D eigenvalue weighted by Gasteiger charge is -2.23. The molecular formula is C17H19BrN2O2. The van der Waals surface area contributed by atoms with Gasteiger partial charge in [0.05, 0.1) is 12.1 Å². The number of aryl methyl sites for hydroxylation is 2. The van der Waals surface area contributed by atoms with Crippen molar-refractivity contribution in [3.8, 4) is 0 Å². The summed E-state index contributed by atoms with van der Waals surface area (Å²) >= 11 is 3.56. The van der Waals surface area contributed by atoms with Gasteiger partial charge in [-0.2, -0.15) is 0 Å². The van der Waals surface area contributed by atoms with Crippen LogP contribution in [-0.4, -0.2) is 22.0 Å². The monoisotopic (exact) mass is 362 g/mol. The van der Waals surface area contributed by atoms with E-state index in [1.807, 2.05) is 36.9 Å². The fourth-order valence-corrected chi connectivity index (χ4v) is 3.03. The third kappa shape index (κ3) is 3.24. The molecular weight excluding hydrogens is 344 g/mol. The van der Waals surface area contributed by atoms with Crippen LogP contribution in [0.3, 0.4) is 0 Å². The zero-order valence-corrected chi connectivity index (χ0v) is 14.4. The molecule has 22 heavy (non-hydrogen) atoms. The normalized spacial score (nSPS) is 14.1. The van der Waals surface area contributed by atoms with Crippen LogP contribution in [0.15, 0.2) is 33.3 Å². The van der Waals surface area contributed by atoms with Gasteiger partial charge >= 0.3 is 0 Å². The average molecular weight is 363 g/mol. The molecule has 5 heteroatoms. The summed E-state index contributed by atoms with van der Waals surface area (Å²) in [7, 11) is 0. The predicted molar refractivity (Wildman–Crippen MR) is 87.4 cm³/mol. The van der Waals surface area contributed by atoms with Gasteiger partial charge in [-0.25, -0.2) is 0 Å². The summed E-state index contributed by atoms with van der Waals surface area (Å²) < 4.78 is 6.21. The van der Waals surface area contributed by atoms with E-state index < -0.39 is 0 Å². The minimum atomic E-state index is 0.146. The van der Waals surface area contributed by atoms with Gasteiger partial charge in [-0.15, -0.1) is 0 Å². The van der Waals surface area contributed by atoms with Crippen molar-refractivity contribution >= 4 is 21.8 Å². The van der Waals surface area contributed by atoms with Crippen LogP contribution in [0.5, 0.6) is 0 Å². The smallest absolute Gasteiger partial charge is 0.227 e. The van der Waals surface area contributed by atoms with Crippen molar-refractivity contribution < 1.29 is 9.32 Å². The molecule has 0 N–H and O–H groups in total. The number of amides is 1. The number of aromatic nitrogens is 1. The molecule has 1 aromatic carbocycles. The molecule has 0 atom stereocenters. The van der Waals surface area contributed by atoms with Gasteiger partial charge in [0.1, 0.15) is 5.76 Å². The van der Waals surface area contributed by atoms with Crippen LogP contribution in [0.25, 0.3) is 0 Å². The van der Waals surface area contributed by atoms with Crippen LogP contribution in [-0.2, 0) is 17.8 Å². The fraction of sp³-hybridized carbons (Fsp3) is 0.412.